The third kappa shape index (κ3) is 3.60. The molecule has 0 radical (unpaired) electrons. The molecule has 1 atom stereocenters. The van der Waals surface area contributed by atoms with Gasteiger partial charge in [0.15, 0.2) is 0 Å². The fraction of sp³-hybridized carbons (Fsp3) is 0.692. The summed E-state index contributed by atoms with van der Waals surface area (Å²) in [6.07, 6.45) is 5.72. The van der Waals surface area contributed by atoms with Crippen LogP contribution in [0.25, 0.3) is 0 Å². The van der Waals surface area contributed by atoms with Crippen LogP contribution in [0.5, 0.6) is 0 Å². The van der Waals surface area contributed by atoms with Crippen molar-refractivity contribution in [3.8, 4) is 0 Å². The van der Waals surface area contributed by atoms with Gasteiger partial charge in [0.1, 0.15) is 0 Å². The Hall–Kier alpha value is -0.890. The highest BCUT2D eigenvalue weighted by atomic mass is 32.2. The smallest absolute Gasteiger partial charge is 0.242 e. The Morgan fingerprint density at radius 3 is 2.85 bits per heavy atom. The van der Waals surface area contributed by atoms with Crippen LogP contribution in [0.3, 0.4) is 0 Å². The summed E-state index contributed by atoms with van der Waals surface area (Å²) in [5.41, 5.74) is 0.900. The molecular weight excluding hydrogens is 278 g/mol. The molecule has 112 valence electrons. The molecule has 1 aromatic heterocycles. The molecule has 1 unspecified atom stereocenters. The summed E-state index contributed by atoms with van der Waals surface area (Å²) in [5.74, 6) is 0. The third-order valence-corrected chi connectivity index (χ3v) is 5.17. The molecule has 0 amide bonds. The lowest BCUT2D eigenvalue weighted by molar-refractivity contribution is 0.0774. The summed E-state index contributed by atoms with van der Waals surface area (Å²) in [4.78, 5) is 3.32. The van der Waals surface area contributed by atoms with Crippen molar-refractivity contribution in [1.82, 2.24) is 15.0 Å². The van der Waals surface area contributed by atoms with Crippen LogP contribution in [0.4, 0.5) is 0 Å². The van der Waals surface area contributed by atoms with E-state index in [2.05, 4.69) is 15.0 Å². The Morgan fingerprint density at radius 2 is 2.15 bits per heavy atom. The van der Waals surface area contributed by atoms with Crippen molar-refractivity contribution in [2.75, 3.05) is 13.2 Å². The highest BCUT2D eigenvalue weighted by molar-refractivity contribution is 7.89. The number of ether oxygens (including phenoxy) is 1. The first kappa shape index (κ1) is 14.1. The Bertz CT molecular complexity index is 545. The lowest BCUT2D eigenvalue weighted by Crippen LogP contribution is -2.40. The first-order valence-corrected chi connectivity index (χ1v) is 8.62. The molecule has 0 aromatic carbocycles. The van der Waals surface area contributed by atoms with Crippen LogP contribution in [0.15, 0.2) is 17.2 Å². The number of sulfonamides is 1. The highest BCUT2D eigenvalue weighted by Crippen LogP contribution is 2.20. The first-order valence-electron chi connectivity index (χ1n) is 7.14. The van der Waals surface area contributed by atoms with Crippen LogP contribution in [0.1, 0.15) is 31.4 Å². The zero-order valence-corrected chi connectivity index (χ0v) is 12.2. The van der Waals surface area contributed by atoms with Crippen molar-refractivity contribution >= 4 is 10.0 Å². The van der Waals surface area contributed by atoms with E-state index in [9.17, 15) is 8.42 Å². The first-order chi connectivity index (χ1) is 9.63. The standard InChI is InChI=1S/C13H21N3O3S/c17-20(18,16-11-2-1-5-19-9-11)13-6-12(15-8-13)7-14-10-3-4-10/h6,8,10-11,14-16H,1-5,7,9H2. The monoisotopic (exact) mass is 299 g/mol. The number of rotatable bonds is 6. The molecule has 0 spiro atoms. The van der Waals surface area contributed by atoms with Gasteiger partial charge in [-0.1, -0.05) is 0 Å². The summed E-state index contributed by atoms with van der Waals surface area (Å²) < 4.78 is 32.5. The molecular formula is C13H21N3O3S. The maximum absolute atomic E-state index is 12.3. The second kappa shape index (κ2) is 5.85. The molecule has 2 aliphatic rings. The molecule has 1 saturated carbocycles. The number of hydrogen-bond acceptors (Lipinski definition) is 4. The molecule has 1 saturated heterocycles. The molecule has 2 heterocycles. The summed E-state index contributed by atoms with van der Waals surface area (Å²) in [7, 11) is -3.45. The number of aromatic amines is 1. The number of H-pyrrole nitrogens is 1. The average molecular weight is 299 g/mol. The highest BCUT2D eigenvalue weighted by Gasteiger charge is 2.24. The van der Waals surface area contributed by atoms with E-state index in [1.54, 1.807) is 12.3 Å². The van der Waals surface area contributed by atoms with Crippen molar-refractivity contribution < 1.29 is 13.2 Å². The molecule has 2 fully saturated rings. The van der Waals surface area contributed by atoms with Crippen molar-refractivity contribution in [3.63, 3.8) is 0 Å². The second-order valence-corrected chi connectivity index (χ2v) is 7.27. The Kier molecular flexibility index (Phi) is 4.11. The van der Waals surface area contributed by atoms with Crippen LogP contribution in [-0.2, 0) is 21.3 Å². The van der Waals surface area contributed by atoms with Gasteiger partial charge in [0.05, 0.1) is 11.5 Å². The minimum absolute atomic E-state index is 0.114. The van der Waals surface area contributed by atoms with Crippen LogP contribution < -0.4 is 10.0 Å². The van der Waals surface area contributed by atoms with E-state index in [0.29, 0.717) is 24.1 Å². The van der Waals surface area contributed by atoms with Crippen molar-refractivity contribution in [3.05, 3.63) is 18.0 Å². The van der Waals surface area contributed by atoms with Gasteiger partial charge in [-0.2, -0.15) is 0 Å². The van der Waals surface area contributed by atoms with E-state index >= 15 is 0 Å². The minimum atomic E-state index is -3.45. The zero-order valence-electron chi connectivity index (χ0n) is 11.4. The van der Waals surface area contributed by atoms with Crippen LogP contribution in [0, 0.1) is 0 Å². The second-order valence-electron chi connectivity index (χ2n) is 5.55. The number of hydrogen-bond donors (Lipinski definition) is 3. The number of nitrogens with one attached hydrogen (secondary N) is 3. The van der Waals surface area contributed by atoms with Crippen LogP contribution in [0.2, 0.25) is 0 Å². The minimum Gasteiger partial charge on any atom is -0.380 e. The SMILES string of the molecule is O=S(=O)(NC1CCCOC1)c1c[nH]c(CNC2CC2)c1. The summed E-state index contributed by atoms with van der Waals surface area (Å²) in [6, 6.07) is 2.19. The van der Waals surface area contributed by atoms with Gasteiger partial charge in [-0.15, -0.1) is 0 Å². The van der Waals surface area contributed by atoms with Crippen molar-refractivity contribution in [2.24, 2.45) is 0 Å². The molecule has 3 N–H and O–H groups in total. The average Bonchev–Trinajstić information content (AvgIpc) is 3.13. The van der Waals surface area contributed by atoms with E-state index in [0.717, 1.165) is 25.1 Å². The predicted molar refractivity (Wildman–Crippen MR) is 74.8 cm³/mol. The van der Waals surface area contributed by atoms with E-state index < -0.39 is 10.0 Å². The lowest BCUT2D eigenvalue weighted by Gasteiger charge is -2.22. The van der Waals surface area contributed by atoms with Gasteiger partial charge in [-0.25, -0.2) is 13.1 Å². The summed E-state index contributed by atoms with van der Waals surface area (Å²) in [6.45, 7) is 1.87. The van der Waals surface area contributed by atoms with Gasteiger partial charge in [0.2, 0.25) is 10.0 Å². The molecule has 1 aliphatic heterocycles. The van der Waals surface area contributed by atoms with E-state index in [4.69, 9.17) is 4.74 Å². The lowest BCUT2D eigenvalue weighted by atomic mass is 10.1. The molecule has 7 heteroatoms. The van der Waals surface area contributed by atoms with Crippen molar-refractivity contribution in [2.45, 2.75) is 49.2 Å². The summed E-state index contributed by atoms with van der Waals surface area (Å²) in [5, 5.41) is 3.35. The molecule has 20 heavy (non-hydrogen) atoms. The maximum Gasteiger partial charge on any atom is 0.242 e. The topological polar surface area (TPSA) is 83.2 Å². The van der Waals surface area contributed by atoms with Crippen LogP contribution >= 0.6 is 0 Å². The third-order valence-electron chi connectivity index (χ3n) is 3.67. The molecule has 1 aliphatic carbocycles. The van der Waals surface area contributed by atoms with Gasteiger partial charge >= 0.3 is 0 Å². The largest absolute Gasteiger partial charge is 0.380 e. The molecule has 6 nitrogen and oxygen atoms in total. The Labute approximate surface area is 119 Å². The fourth-order valence-corrected chi connectivity index (χ4v) is 3.61. The van der Waals surface area contributed by atoms with Crippen molar-refractivity contribution in [1.29, 1.82) is 0 Å². The molecule has 3 rings (SSSR count). The van der Waals surface area contributed by atoms with E-state index in [-0.39, 0.29) is 6.04 Å². The Morgan fingerprint density at radius 1 is 1.30 bits per heavy atom. The number of aromatic nitrogens is 1. The van der Waals surface area contributed by atoms with Gasteiger partial charge in [-0.05, 0) is 31.7 Å². The van der Waals surface area contributed by atoms with E-state index in [1.807, 2.05) is 0 Å². The predicted octanol–water partition coefficient (Wildman–Crippen LogP) is 0.724. The normalized spacial score (nSPS) is 23.9. The summed E-state index contributed by atoms with van der Waals surface area (Å²) >= 11 is 0. The van der Waals surface area contributed by atoms with Gasteiger partial charge in [0.25, 0.3) is 0 Å². The van der Waals surface area contributed by atoms with Gasteiger partial charge in [-0.3, -0.25) is 0 Å². The van der Waals surface area contributed by atoms with Gasteiger partial charge < -0.3 is 15.0 Å². The maximum atomic E-state index is 12.3. The fourth-order valence-electron chi connectivity index (χ4n) is 2.34. The molecule has 1 aromatic rings. The van der Waals surface area contributed by atoms with Gasteiger partial charge in [0, 0.05) is 37.1 Å². The zero-order chi connectivity index (χ0) is 14.0. The van der Waals surface area contributed by atoms with E-state index in [1.165, 1.54) is 12.8 Å². The van der Waals surface area contributed by atoms with Crippen LogP contribution in [-0.4, -0.2) is 38.7 Å². The molecule has 0 bridgehead atoms. The Balaban J connectivity index is 1.60. The quantitative estimate of drug-likeness (QED) is 0.723.